The number of rotatable bonds is 9. The zero-order valence-electron chi connectivity index (χ0n) is 18.7. The molecule has 1 fully saturated rings. The van der Waals surface area contributed by atoms with Gasteiger partial charge in [0.1, 0.15) is 11.9 Å². The maximum Gasteiger partial charge on any atom is 0.407 e. The van der Waals surface area contributed by atoms with Gasteiger partial charge in [-0.1, -0.05) is 12.1 Å². The van der Waals surface area contributed by atoms with Gasteiger partial charge >= 0.3 is 6.09 Å². The fourth-order valence-corrected chi connectivity index (χ4v) is 3.57. The Labute approximate surface area is 192 Å². The number of amides is 1. The topological polar surface area (TPSA) is 107 Å². The van der Waals surface area contributed by atoms with E-state index < -0.39 is 6.09 Å². The fourth-order valence-electron chi connectivity index (χ4n) is 3.57. The maximum atomic E-state index is 12.1. The first-order valence-electron chi connectivity index (χ1n) is 10.8. The number of carbonyl (C=O) groups excluding carboxylic acids is 1. The van der Waals surface area contributed by atoms with Gasteiger partial charge in [-0.05, 0) is 36.8 Å². The summed E-state index contributed by atoms with van der Waals surface area (Å²) >= 11 is 0. The average Bonchev–Trinajstić information content (AvgIpc) is 3.54. The molecule has 2 atom stereocenters. The molecule has 1 amide bonds. The SMILES string of the molecule is COc1cc(NCNc2cccc(C(C)NC(=O)O[C@H]3CCOC3)c2)ccc1-c1cnco1. The van der Waals surface area contributed by atoms with Crippen molar-refractivity contribution in [2.24, 2.45) is 0 Å². The van der Waals surface area contributed by atoms with Crippen molar-refractivity contribution in [3.63, 3.8) is 0 Å². The summed E-state index contributed by atoms with van der Waals surface area (Å²) in [5.41, 5.74) is 3.63. The van der Waals surface area contributed by atoms with Gasteiger partial charge in [0.05, 0.1) is 44.8 Å². The largest absolute Gasteiger partial charge is 0.496 e. The van der Waals surface area contributed by atoms with Gasteiger partial charge < -0.3 is 34.6 Å². The molecule has 9 nitrogen and oxygen atoms in total. The van der Waals surface area contributed by atoms with Crippen molar-refractivity contribution in [2.45, 2.75) is 25.5 Å². The third-order valence-corrected chi connectivity index (χ3v) is 5.37. The molecular weight excluding hydrogens is 424 g/mol. The molecule has 33 heavy (non-hydrogen) atoms. The van der Waals surface area contributed by atoms with Crippen LogP contribution < -0.4 is 20.7 Å². The number of nitrogens with one attached hydrogen (secondary N) is 3. The van der Waals surface area contributed by atoms with Crippen LogP contribution in [-0.4, -0.2) is 44.2 Å². The molecule has 1 saturated heterocycles. The van der Waals surface area contributed by atoms with Crippen LogP contribution in [0.1, 0.15) is 24.9 Å². The van der Waals surface area contributed by atoms with E-state index in [0.717, 1.165) is 28.9 Å². The predicted octanol–water partition coefficient (Wildman–Crippen LogP) is 4.41. The normalized spacial score (nSPS) is 16.1. The maximum absolute atomic E-state index is 12.1. The molecular formula is C24H28N4O5. The minimum Gasteiger partial charge on any atom is -0.496 e. The van der Waals surface area contributed by atoms with Crippen molar-refractivity contribution >= 4 is 17.5 Å². The zero-order chi connectivity index (χ0) is 23.0. The zero-order valence-corrected chi connectivity index (χ0v) is 18.7. The summed E-state index contributed by atoms with van der Waals surface area (Å²) in [7, 11) is 1.62. The molecule has 0 aliphatic carbocycles. The first-order valence-corrected chi connectivity index (χ1v) is 10.8. The summed E-state index contributed by atoms with van der Waals surface area (Å²) in [6, 6.07) is 13.5. The first kappa shape index (κ1) is 22.5. The number of oxazole rings is 1. The van der Waals surface area contributed by atoms with Crippen LogP contribution in [0.4, 0.5) is 16.2 Å². The Balaban J connectivity index is 1.30. The molecule has 1 aliphatic heterocycles. The summed E-state index contributed by atoms with van der Waals surface area (Å²) in [5.74, 6) is 1.34. The van der Waals surface area contributed by atoms with Crippen molar-refractivity contribution in [1.82, 2.24) is 10.3 Å². The van der Waals surface area contributed by atoms with E-state index in [-0.39, 0.29) is 12.1 Å². The van der Waals surface area contributed by atoms with Gasteiger partial charge in [0.2, 0.25) is 0 Å². The number of ether oxygens (including phenoxy) is 3. The molecule has 3 aromatic rings. The molecule has 174 valence electrons. The molecule has 0 saturated carbocycles. The van der Waals surface area contributed by atoms with Crippen molar-refractivity contribution in [2.75, 3.05) is 37.6 Å². The highest BCUT2D eigenvalue weighted by Gasteiger charge is 2.21. The molecule has 9 heteroatoms. The summed E-state index contributed by atoms with van der Waals surface area (Å²) < 4.78 is 21.5. The molecule has 3 N–H and O–H groups in total. The van der Waals surface area contributed by atoms with Gasteiger partial charge in [0.25, 0.3) is 0 Å². The highest BCUT2D eigenvalue weighted by atomic mass is 16.6. The molecule has 0 bridgehead atoms. The highest BCUT2D eigenvalue weighted by molar-refractivity contribution is 5.70. The quantitative estimate of drug-likeness (QED) is 0.410. The number of carbonyl (C=O) groups is 1. The Kier molecular flexibility index (Phi) is 7.31. The number of anilines is 2. The minimum absolute atomic E-state index is 0.167. The van der Waals surface area contributed by atoms with Crippen LogP contribution in [-0.2, 0) is 9.47 Å². The third kappa shape index (κ3) is 5.95. The molecule has 4 rings (SSSR count). The lowest BCUT2D eigenvalue weighted by molar-refractivity contribution is 0.0812. The monoisotopic (exact) mass is 452 g/mol. The summed E-state index contributed by atoms with van der Waals surface area (Å²) in [5, 5.41) is 9.54. The Morgan fingerprint density at radius 1 is 1.21 bits per heavy atom. The third-order valence-electron chi connectivity index (χ3n) is 5.37. The molecule has 1 unspecified atom stereocenters. The summed E-state index contributed by atoms with van der Waals surface area (Å²) in [6.07, 6.45) is 3.18. The number of methoxy groups -OCH3 is 1. The van der Waals surface area contributed by atoms with E-state index in [2.05, 4.69) is 20.9 Å². The first-order chi connectivity index (χ1) is 16.1. The van der Waals surface area contributed by atoms with Gasteiger partial charge in [0.15, 0.2) is 12.2 Å². The van der Waals surface area contributed by atoms with E-state index in [1.54, 1.807) is 13.3 Å². The van der Waals surface area contributed by atoms with Crippen LogP contribution >= 0.6 is 0 Å². The van der Waals surface area contributed by atoms with Crippen molar-refractivity contribution in [3.8, 4) is 17.1 Å². The summed E-state index contributed by atoms with van der Waals surface area (Å²) in [4.78, 5) is 16.1. The van der Waals surface area contributed by atoms with E-state index in [1.165, 1.54) is 6.39 Å². The number of benzene rings is 2. The van der Waals surface area contributed by atoms with E-state index in [9.17, 15) is 4.79 Å². The summed E-state index contributed by atoms with van der Waals surface area (Å²) in [6.45, 7) is 3.52. The second kappa shape index (κ2) is 10.7. The lowest BCUT2D eigenvalue weighted by Crippen LogP contribution is -2.31. The average molecular weight is 453 g/mol. The lowest BCUT2D eigenvalue weighted by atomic mass is 10.1. The van der Waals surface area contributed by atoms with Crippen LogP contribution in [0, 0.1) is 0 Å². The number of aromatic nitrogens is 1. The molecule has 2 aromatic carbocycles. The number of hydrogen-bond acceptors (Lipinski definition) is 8. The van der Waals surface area contributed by atoms with E-state index >= 15 is 0 Å². The van der Waals surface area contributed by atoms with Gasteiger partial charge in [-0.25, -0.2) is 9.78 Å². The van der Waals surface area contributed by atoms with E-state index in [4.69, 9.17) is 18.6 Å². The van der Waals surface area contributed by atoms with Gasteiger partial charge in [-0.15, -0.1) is 0 Å². The number of hydrogen-bond donors (Lipinski definition) is 3. The highest BCUT2D eigenvalue weighted by Crippen LogP contribution is 2.32. The van der Waals surface area contributed by atoms with Crippen molar-refractivity contribution < 1.29 is 23.4 Å². The van der Waals surface area contributed by atoms with Crippen LogP contribution in [0.5, 0.6) is 5.75 Å². The van der Waals surface area contributed by atoms with Gasteiger partial charge in [-0.3, -0.25) is 0 Å². The van der Waals surface area contributed by atoms with Crippen LogP contribution in [0.2, 0.25) is 0 Å². The van der Waals surface area contributed by atoms with Crippen molar-refractivity contribution in [3.05, 3.63) is 60.6 Å². The van der Waals surface area contributed by atoms with E-state index in [1.807, 2.05) is 49.4 Å². The molecule has 1 aromatic heterocycles. The van der Waals surface area contributed by atoms with E-state index in [0.29, 0.717) is 31.4 Å². The Morgan fingerprint density at radius 3 is 2.79 bits per heavy atom. The molecule has 2 heterocycles. The van der Waals surface area contributed by atoms with Gasteiger partial charge in [-0.2, -0.15) is 0 Å². The van der Waals surface area contributed by atoms with Crippen LogP contribution in [0.3, 0.4) is 0 Å². The minimum atomic E-state index is -0.430. The second-order valence-corrected chi connectivity index (χ2v) is 7.69. The lowest BCUT2D eigenvalue weighted by Gasteiger charge is -2.18. The smallest absolute Gasteiger partial charge is 0.407 e. The molecule has 0 spiro atoms. The Bertz CT molecular complexity index is 1050. The number of alkyl carbamates (subject to hydrolysis) is 1. The fraction of sp³-hybridized carbons (Fsp3) is 0.333. The van der Waals surface area contributed by atoms with Crippen LogP contribution in [0.25, 0.3) is 11.3 Å². The van der Waals surface area contributed by atoms with Gasteiger partial charge in [0, 0.05) is 23.9 Å². The molecule has 1 aliphatic rings. The number of nitrogens with zero attached hydrogens (tertiary/aromatic N) is 1. The van der Waals surface area contributed by atoms with Crippen molar-refractivity contribution in [1.29, 1.82) is 0 Å². The second-order valence-electron chi connectivity index (χ2n) is 7.69. The standard InChI is InChI=1S/C24H28N4O5/c1-16(28-24(29)33-20-8-9-31-13-20)17-4-3-5-18(10-17)26-14-27-19-6-7-21(22(11-19)30-2)23-12-25-15-32-23/h3-7,10-12,15-16,20,26-27H,8-9,13-14H2,1-2H3,(H,28,29)/t16?,20-/m0/s1. The van der Waals surface area contributed by atoms with Crippen LogP contribution in [0.15, 0.2) is 59.5 Å². The Morgan fingerprint density at radius 2 is 2.06 bits per heavy atom. The Hall–Kier alpha value is -3.72. The predicted molar refractivity (Wildman–Crippen MR) is 124 cm³/mol. The molecule has 0 radical (unpaired) electrons.